The maximum atomic E-state index is 13.6. The number of piperidine rings is 1. The van der Waals surface area contributed by atoms with Gasteiger partial charge in [-0.15, -0.1) is 0 Å². The molecule has 1 aromatic carbocycles. The van der Waals surface area contributed by atoms with Crippen LogP contribution >= 0.6 is 11.6 Å². The number of nitrogens with one attached hydrogen (secondary N) is 1. The van der Waals surface area contributed by atoms with Gasteiger partial charge in [-0.25, -0.2) is 4.39 Å². The maximum Gasteiger partial charge on any atom is 0.234 e. The quantitative estimate of drug-likeness (QED) is 0.765. The molecule has 1 aromatic rings. The van der Waals surface area contributed by atoms with Gasteiger partial charge in [0.25, 0.3) is 0 Å². The second-order valence-corrected chi connectivity index (χ2v) is 4.05. The molecule has 0 bridgehead atoms. The summed E-state index contributed by atoms with van der Waals surface area (Å²) in [6.45, 7) is 0. The third-order valence-electron chi connectivity index (χ3n) is 2.59. The highest BCUT2D eigenvalue weighted by Gasteiger charge is 2.31. The van der Waals surface area contributed by atoms with E-state index in [-0.39, 0.29) is 22.9 Å². The summed E-state index contributed by atoms with van der Waals surface area (Å²) >= 11 is 5.86. The van der Waals surface area contributed by atoms with E-state index in [0.29, 0.717) is 6.42 Å². The molecule has 84 valence electrons. The number of amides is 2. The van der Waals surface area contributed by atoms with Gasteiger partial charge < -0.3 is 0 Å². The molecule has 1 saturated heterocycles. The van der Waals surface area contributed by atoms with Gasteiger partial charge in [0.1, 0.15) is 5.82 Å². The molecule has 1 aliphatic heterocycles. The van der Waals surface area contributed by atoms with Crippen LogP contribution in [0.4, 0.5) is 4.39 Å². The molecular weight excluding hydrogens is 233 g/mol. The Balaban J connectivity index is 2.37. The summed E-state index contributed by atoms with van der Waals surface area (Å²) in [6, 6.07) is 4.27. The number of hydrogen-bond donors (Lipinski definition) is 1. The van der Waals surface area contributed by atoms with E-state index in [1.807, 2.05) is 0 Å². The molecule has 0 spiro atoms. The fourth-order valence-electron chi connectivity index (χ4n) is 1.81. The Labute approximate surface area is 96.6 Å². The van der Waals surface area contributed by atoms with Crippen molar-refractivity contribution in [1.82, 2.24) is 5.32 Å². The Morgan fingerprint density at radius 1 is 1.38 bits per heavy atom. The zero-order chi connectivity index (χ0) is 11.7. The van der Waals surface area contributed by atoms with Gasteiger partial charge in [-0.1, -0.05) is 17.7 Å². The van der Waals surface area contributed by atoms with Crippen LogP contribution in [-0.2, 0) is 9.59 Å². The van der Waals surface area contributed by atoms with Crippen molar-refractivity contribution in [2.45, 2.75) is 18.8 Å². The van der Waals surface area contributed by atoms with Gasteiger partial charge in [0, 0.05) is 17.0 Å². The number of imide groups is 1. The van der Waals surface area contributed by atoms with Crippen LogP contribution < -0.4 is 5.32 Å². The first-order valence-electron chi connectivity index (χ1n) is 4.87. The fraction of sp³-hybridized carbons (Fsp3) is 0.273. The van der Waals surface area contributed by atoms with E-state index in [1.54, 1.807) is 0 Å². The molecule has 0 aromatic heterocycles. The summed E-state index contributed by atoms with van der Waals surface area (Å²) < 4.78 is 13.6. The SMILES string of the molecule is O=C1CCC(c2c(F)cccc2Cl)C(=O)N1. The van der Waals surface area contributed by atoms with Crippen LogP contribution in [0, 0.1) is 5.82 Å². The van der Waals surface area contributed by atoms with Crippen LogP contribution in [0.2, 0.25) is 5.02 Å². The Morgan fingerprint density at radius 3 is 2.75 bits per heavy atom. The molecule has 1 atom stereocenters. The number of carbonyl (C=O) groups excluding carboxylic acids is 2. The molecule has 1 heterocycles. The zero-order valence-corrected chi connectivity index (χ0v) is 9.05. The van der Waals surface area contributed by atoms with Crippen LogP contribution in [0.1, 0.15) is 24.3 Å². The lowest BCUT2D eigenvalue weighted by molar-refractivity contribution is -0.134. The lowest BCUT2D eigenvalue weighted by Crippen LogP contribution is -2.39. The van der Waals surface area contributed by atoms with E-state index in [4.69, 9.17) is 11.6 Å². The molecule has 1 unspecified atom stereocenters. The van der Waals surface area contributed by atoms with Crippen molar-refractivity contribution >= 4 is 23.4 Å². The summed E-state index contributed by atoms with van der Waals surface area (Å²) in [5.74, 6) is -2.00. The van der Waals surface area contributed by atoms with Crippen molar-refractivity contribution in [3.63, 3.8) is 0 Å². The summed E-state index contributed by atoms with van der Waals surface area (Å²) in [5, 5.41) is 2.40. The van der Waals surface area contributed by atoms with Crippen molar-refractivity contribution in [2.24, 2.45) is 0 Å². The average Bonchev–Trinajstić information content (AvgIpc) is 2.20. The summed E-state index contributed by atoms with van der Waals surface area (Å²) in [4.78, 5) is 22.5. The van der Waals surface area contributed by atoms with Crippen molar-refractivity contribution in [3.8, 4) is 0 Å². The zero-order valence-electron chi connectivity index (χ0n) is 8.30. The maximum absolute atomic E-state index is 13.6. The van der Waals surface area contributed by atoms with Gasteiger partial charge in [0.15, 0.2) is 0 Å². The predicted molar refractivity (Wildman–Crippen MR) is 56.5 cm³/mol. The molecule has 3 nitrogen and oxygen atoms in total. The number of hydrogen-bond acceptors (Lipinski definition) is 2. The molecule has 2 rings (SSSR count). The highest BCUT2D eigenvalue weighted by Crippen LogP contribution is 2.32. The Morgan fingerprint density at radius 2 is 2.12 bits per heavy atom. The second-order valence-electron chi connectivity index (χ2n) is 3.64. The lowest BCUT2D eigenvalue weighted by Gasteiger charge is -2.22. The molecular formula is C11H9ClFNO2. The van der Waals surface area contributed by atoms with E-state index in [1.165, 1.54) is 18.2 Å². The van der Waals surface area contributed by atoms with Crippen molar-refractivity contribution in [1.29, 1.82) is 0 Å². The van der Waals surface area contributed by atoms with Crippen molar-refractivity contribution in [3.05, 3.63) is 34.6 Å². The third-order valence-corrected chi connectivity index (χ3v) is 2.92. The highest BCUT2D eigenvalue weighted by atomic mass is 35.5. The molecule has 1 aliphatic rings. The van der Waals surface area contributed by atoms with E-state index in [2.05, 4.69) is 5.32 Å². The number of halogens is 2. The molecule has 5 heteroatoms. The molecule has 1 N–H and O–H groups in total. The van der Waals surface area contributed by atoms with Gasteiger partial charge in [0.2, 0.25) is 11.8 Å². The van der Waals surface area contributed by atoms with Crippen LogP contribution in [0.3, 0.4) is 0 Å². The van der Waals surface area contributed by atoms with Crippen molar-refractivity contribution < 1.29 is 14.0 Å². The van der Waals surface area contributed by atoms with Crippen LogP contribution in [0.25, 0.3) is 0 Å². The van der Waals surface area contributed by atoms with Crippen LogP contribution in [0.15, 0.2) is 18.2 Å². The van der Waals surface area contributed by atoms with E-state index in [9.17, 15) is 14.0 Å². The minimum absolute atomic E-state index is 0.175. The fourth-order valence-corrected chi connectivity index (χ4v) is 2.11. The summed E-state index contributed by atoms with van der Waals surface area (Å²) in [7, 11) is 0. The van der Waals surface area contributed by atoms with Gasteiger partial charge in [-0.3, -0.25) is 14.9 Å². The smallest absolute Gasteiger partial charge is 0.234 e. The van der Waals surface area contributed by atoms with Crippen LogP contribution in [0.5, 0.6) is 0 Å². The number of rotatable bonds is 1. The topological polar surface area (TPSA) is 46.2 Å². The predicted octanol–water partition coefficient (Wildman–Crippen LogP) is 2.00. The Kier molecular flexibility index (Phi) is 2.92. The molecule has 1 fully saturated rings. The minimum atomic E-state index is -0.675. The van der Waals surface area contributed by atoms with Gasteiger partial charge in [-0.2, -0.15) is 0 Å². The molecule has 0 aliphatic carbocycles. The first kappa shape index (κ1) is 11.1. The second kappa shape index (κ2) is 4.22. The highest BCUT2D eigenvalue weighted by molar-refractivity contribution is 6.31. The van der Waals surface area contributed by atoms with Gasteiger partial charge in [0.05, 0.1) is 5.92 Å². The number of benzene rings is 1. The van der Waals surface area contributed by atoms with Crippen molar-refractivity contribution in [2.75, 3.05) is 0 Å². The monoisotopic (exact) mass is 241 g/mol. The standard InChI is InChI=1S/C11H9ClFNO2/c12-7-2-1-3-8(13)10(7)6-4-5-9(15)14-11(6)16/h1-3,6H,4-5H2,(H,14,15,16). The summed E-state index contributed by atoms with van der Waals surface area (Å²) in [6.07, 6.45) is 0.506. The average molecular weight is 242 g/mol. The summed E-state index contributed by atoms with van der Waals surface area (Å²) in [5.41, 5.74) is 0.175. The molecule has 0 radical (unpaired) electrons. The van der Waals surface area contributed by atoms with E-state index < -0.39 is 17.6 Å². The van der Waals surface area contributed by atoms with E-state index in [0.717, 1.165) is 0 Å². The number of carbonyl (C=O) groups is 2. The van der Waals surface area contributed by atoms with Crippen LogP contribution in [-0.4, -0.2) is 11.8 Å². The third kappa shape index (κ3) is 1.93. The normalized spacial score (nSPS) is 20.8. The first-order valence-corrected chi connectivity index (χ1v) is 5.25. The van der Waals surface area contributed by atoms with Gasteiger partial charge >= 0.3 is 0 Å². The van der Waals surface area contributed by atoms with Gasteiger partial charge in [-0.05, 0) is 18.6 Å². The molecule has 16 heavy (non-hydrogen) atoms. The molecule has 2 amide bonds. The largest absolute Gasteiger partial charge is 0.296 e. The van der Waals surface area contributed by atoms with E-state index >= 15 is 0 Å². The molecule has 0 saturated carbocycles. The Bertz CT molecular complexity index is 441. The minimum Gasteiger partial charge on any atom is -0.296 e. The first-order chi connectivity index (χ1) is 7.59. The Hall–Kier alpha value is -1.42. The lowest BCUT2D eigenvalue weighted by atomic mass is 9.90.